The second-order valence-corrected chi connectivity index (χ2v) is 8.81. The number of piperidine rings is 2. The highest BCUT2D eigenvalue weighted by Crippen LogP contribution is 2.42. The predicted octanol–water partition coefficient (Wildman–Crippen LogP) is 5.83. The summed E-state index contributed by atoms with van der Waals surface area (Å²) in [5, 5.41) is 0.0444. The summed E-state index contributed by atoms with van der Waals surface area (Å²) in [5.41, 5.74) is 0.950. The van der Waals surface area contributed by atoms with Crippen molar-refractivity contribution in [2.75, 3.05) is 22.9 Å². The number of carbonyl (C=O) groups is 1. The Labute approximate surface area is 189 Å². The number of hydrogen-bond acceptors (Lipinski definition) is 4. The number of aromatic nitrogens is 1. The van der Waals surface area contributed by atoms with E-state index in [0.717, 1.165) is 31.2 Å². The number of amides is 1. The quantitative estimate of drug-likeness (QED) is 0.496. The third-order valence-electron chi connectivity index (χ3n) is 6.50. The van der Waals surface area contributed by atoms with E-state index in [-0.39, 0.29) is 22.3 Å². The number of nitrogens with zero attached hydrogens (tertiary/aromatic N) is 3. The van der Waals surface area contributed by atoms with Crippen LogP contribution in [0.15, 0.2) is 53.1 Å². The molecule has 0 atom stereocenters. The van der Waals surface area contributed by atoms with Gasteiger partial charge in [0.1, 0.15) is 11.6 Å². The summed E-state index contributed by atoms with van der Waals surface area (Å²) >= 11 is 5.85. The highest BCUT2D eigenvalue weighted by Gasteiger charge is 2.45. The van der Waals surface area contributed by atoms with Gasteiger partial charge in [0.2, 0.25) is 5.91 Å². The van der Waals surface area contributed by atoms with Gasteiger partial charge in [0, 0.05) is 30.8 Å². The minimum Gasteiger partial charge on any atom is -0.423 e. The molecule has 0 N–H and O–H groups in total. The molecule has 3 aromatic rings. The number of benzene rings is 2. The van der Waals surface area contributed by atoms with Crippen LogP contribution in [0, 0.1) is 11.6 Å². The van der Waals surface area contributed by atoms with Crippen LogP contribution < -0.4 is 9.80 Å². The van der Waals surface area contributed by atoms with Gasteiger partial charge in [-0.15, -0.1) is 0 Å². The van der Waals surface area contributed by atoms with Crippen molar-refractivity contribution in [3.63, 3.8) is 0 Å². The van der Waals surface area contributed by atoms with E-state index in [1.54, 1.807) is 29.3 Å². The molecule has 2 fully saturated rings. The van der Waals surface area contributed by atoms with Crippen molar-refractivity contribution in [2.24, 2.45) is 0 Å². The topological polar surface area (TPSA) is 49.6 Å². The smallest absolute Gasteiger partial charge is 0.297 e. The van der Waals surface area contributed by atoms with Crippen molar-refractivity contribution >= 4 is 29.2 Å². The maximum absolute atomic E-state index is 14.1. The van der Waals surface area contributed by atoms with Crippen LogP contribution in [0.25, 0.3) is 11.3 Å². The van der Waals surface area contributed by atoms with Crippen LogP contribution in [-0.4, -0.2) is 29.5 Å². The van der Waals surface area contributed by atoms with Crippen LogP contribution >= 0.6 is 11.6 Å². The highest BCUT2D eigenvalue weighted by molar-refractivity contribution is 6.30. The van der Waals surface area contributed by atoms with Crippen molar-refractivity contribution in [2.45, 2.75) is 37.6 Å². The minimum absolute atomic E-state index is 0.0149. The molecule has 1 spiro atoms. The molecule has 2 aliphatic rings. The molecule has 0 radical (unpaired) electrons. The molecule has 0 unspecified atom stereocenters. The van der Waals surface area contributed by atoms with E-state index in [2.05, 4.69) is 9.88 Å². The van der Waals surface area contributed by atoms with Gasteiger partial charge in [-0.1, -0.05) is 11.6 Å². The number of carbonyl (C=O) groups excluding carboxylic acids is 1. The molecule has 0 saturated carbocycles. The monoisotopic (exact) mass is 457 g/mol. The lowest BCUT2D eigenvalue weighted by molar-refractivity contribution is -0.121. The van der Waals surface area contributed by atoms with Crippen LogP contribution in [0.3, 0.4) is 0 Å². The largest absolute Gasteiger partial charge is 0.423 e. The van der Waals surface area contributed by atoms with Crippen molar-refractivity contribution in [3.05, 3.63) is 65.3 Å². The third-order valence-corrected chi connectivity index (χ3v) is 6.81. The van der Waals surface area contributed by atoms with E-state index >= 15 is 0 Å². The molecule has 166 valence electrons. The Hall–Kier alpha value is -2.93. The maximum atomic E-state index is 14.1. The second kappa shape index (κ2) is 8.20. The molecule has 2 aliphatic heterocycles. The average molecular weight is 458 g/mol. The molecular formula is C24H22ClF2N3O2. The van der Waals surface area contributed by atoms with Crippen LogP contribution in [0.4, 0.5) is 20.5 Å². The summed E-state index contributed by atoms with van der Waals surface area (Å²) < 4.78 is 33.3. The molecule has 2 aromatic carbocycles. The first-order chi connectivity index (χ1) is 15.4. The molecule has 3 heterocycles. The minimum atomic E-state index is -0.525. The Morgan fingerprint density at radius 2 is 1.78 bits per heavy atom. The van der Waals surface area contributed by atoms with Crippen molar-refractivity contribution < 1.29 is 18.0 Å². The van der Waals surface area contributed by atoms with Crippen LogP contribution in [0.5, 0.6) is 0 Å². The summed E-state index contributed by atoms with van der Waals surface area (Å²) in [5.74, 6) is -0.238. The number of oxazole rings is 1. The molecule has 2 saturated heterocycles. The Balaban J connectivity index is 1.35. The summed E-state index contributed by atoms with van der Waals surface area (Å²) in [6.07, 6.45) is 5.22. The fourth-order valence-corrected chi connectivity index (χ4v) is 4.96. The normalized spacial score (nSPS) is 18.4. The first-order valence-corrected chi connectivity index (χ1v) is 11.1. The zero-order valence-electron chi connectivity index (χ0n) is 17.4. The van der Waals surface area contributed by atoms with Gasteiger partial charge < -0.3 is 14.2 Å². The lowest BCUT2D eigenvalue weighted by Crippen LogP contribution is -2.60. The Morgan fingerprint density at radius 1 is 1.03 bits per heavy atom. The zero-order valence-corrected chi connectivity index (χ0v) is 18.1. The molecule has 8 heteroatoms. The van der Waals surface area contributed by atoms with Crippen molar-refractivity contribution in [3.8, 4) is 11.3 Å². The molecule has 1 amide bonds. The van der Waals surface area contributed by atoms with Gasteiger partial charge in [-0.25, -0.2) is 13.8 Å². The van der Waals surface area contributed by atoms with Gasteiger partial charge in [-0.05, 0) is 68.1 Å². The van der Waals surface area contributed by atoms with E-state index < -0.39 is 5.82 Å². The molecule has 1 aromatic heterocycles. The summed E-state index contributed by atoms with van der Waals surface area (Å²) in [7, 11) is 0. The fraction of sp³-hybridized carbons (Fsp3) is 0.333. The molecule has 32 heavy (non-hydrogen) atoms. The van der Waals surface area contributed by atoms with Gasteiger partial charge in [0.25, 0.3) is 6.01 Å². The first kappa shape index (κ1) is 20.9. The number of anilines is 2. The molecule has 0 aliphatic carbocycles. The van der Waals surface area contributed by atoms with Crippen LogP contribution in [-0.2, 0) is 4.79 Å². The molecular weight excluding hydrogens is 436 g/mol. The predicted molar refractivity (Wildman–Crippen MR) is 119 cm³/mol. The molecule has 0 bridgehead atoms. The Morgan fingerprint density at radius 3 is 2.50 bits per heavy atom. The van der Waals surface area contributed by atoms with Crippen LogP contribution in [0.2, 0.25) is 5.02 Å². The van der Waals surface area contributed by atoms with Gasteiger partial charge in [0.15, 0.2) is 5.76 Å². The average Bonchev–Trinajstić information content (AvgIpc) is 3.27. The first-order valence-electron chi connectivity index (χ1n) is 10.7. The molecule has 5 rings (SSSR count). The third kappa shape index (κ3) is 3.75. The summed E-state index contributed by atoms with van der Waals surface area (Å²) in [6.45, 7) is 1.31. The second-order valence-electron chi connectivity index (χ2n) is 8.41. The van der Waals surface area contributed by atoms with Crippen molar-refractivity contribution in [1.82, 2.24) is 4.98 Å². The zero-order chi connectivity index (χ0) is 22.3. The lowest BCUT2D eigenvalue weighted by atomic mass is 9.78. The summed E-state index contributed by atoms with van der Waals surface area (Å²) in [4.78, 5) is 21.1. The highest BCUT2D eigenvalue weighted by atomic mass is 35.5. The van der Waals surface area contributed by atoms with Crippen LogP contribution in [0.1, 0.15) is 32.1 Å². The fourth-order valence-electron chi connectivity index (χ4n) is 4.85. The summed E-state index contributed by atoms with van der Waals surface area (Å²) in [6, 6.07) is 11.1. The molecule has 5 nitrogen and oxygen atoms in total. The van der Waals surface area contributed by atoms with E-state index in [9.17, 15) is 13.6 Å². The number of halogens is 3. The SMILES string of the molecule is O=C1CCCC2(CCN(c3ncc(-c4ccc(F)cc4)o3)CC2)N1c1ccc(Cl)c(F)c1. The van der Waals surface area contributed by atoms with E-state index in [4.69, 9.17) is 16.0 Å². The van der Waals surface area contributed by atoms with Gasteiger partial charge in [0.05, 0.1) is 16.8 Å². The van der Waals surface area contributed by atoms with Gasteiger partial charge >= 0.3 is 0 Å². The van der Waals surface area contributed by atoms with E-state index in [1.165, 1.54) is 24.3 Å². The van der Waals surface area contributed by atoms with Gasteiger partial charge in [-0.3, -0.25) is 4.79 Å². The van der Waals surface area contributed by atoms with Crippen molar-refractivity contribution in [1.29, 1.82) is 0 Å². The van der Waals surface area contributed by atoms with Gasteiger partial charge in [-0.2, -0.15) is 0 Å². The Bertz CT molecular complexity index is 1140. The van der Waals surface area contributed by atoms with E-state index in [1.807, 2.05) is 0 Å². The van der Waals surface area contributed by atoms with E-state index in [0.29, 0.717) is 37.0 Å². The lowest BCUT2D eigenvalue weighted by Gasteiger charge is -2.51. The number of rotatable bonds is 3. The Kier molecular flexibility index (Phi) is 5.37. The standard InChI is InChI=1S/C24H22ClF2N3O2/c25-19-8-7-18(14-20(19)27)30-22(31)2-1-9-24(30)10-12-29(13-11-24)23-28-15-21(32-23)16-3-5-17(26)6-4-16/h3-8,14-15H,1-2,9-13H2. The maximum Gasteiger partial charge on any atom is 0.297 e. The number of hydrogen-bond donors (Lipinski definition) is 0.